The first-order valence-electron chi connectivity index (χ1n) is 8.10. The minimum atomic E-state index is -0.929. The van der Waals surface area contributed by atoms with Crippen LogP contribution in [0.4, 0.5) is 0 Å². The molecule has 0 bridgehead atoms. The van der Waals surface area contributed by atoms with Gasteiger partial charge in [0, 0.05) is 5.92 Å². The zero-order chi connectivity index (χ0) is 15.4. The second-order valence-corrected chi connectivity index (χ2v) is 6.07. The van der Waals surface area contributed by atoms with Crippen molar-refractivity contribution in [3.63, 3.8) is 0 Å². The number of nitrogens with one attached hydrogen (secondary N) is 1. The van der Waals surface area contributed by atoms with E-state index in [1.54, 1.807) is 0 Å². The van der Waals surface area contributed by atoms with E-state index in [0.717, 1.165) is 30.8 Å². The zero-order valence-corrected chi connectivity index (χ0v) is 12.7. The summed E-state index contributed by atoms with van der Waals surface area (Å²) in [7, 11) is 0. The average Bonchev–Trinajstić information content (AvgIpc) is 2.99. The number of rotatable bonds is 5. The topological polar surface area (TPSA) is 66.0 Å². The molecule has 2 N–H and O–H groups in total. The molecule has 0 atom stereocenters. The number of nitrogens with zero attached hydrogens (tertiary/aromatic N) is 1. The number of aromatic nitrogens is 2. The third-order valence-corrected chi connectivity index (χ3v) is 4.50. The fraction of sp³-hybridized carbons (Fsp3) is 0.444. The number of hydrogen-bond acceptors (Lipinski definition) is 2. The molecule has 2 aromatic rings. The summed E-state index contributed by atoms with van der Waals surface area (Å²) in [5.74, 6) is 0.346. The number of aromatic amines is 1. The lowest BCUT2D eigenvalue weighted by atomic mass is 9.89. The van der Waals surface area contributed by atoms with Gasteiger partial charge in [0.2, 0.25) is 0 Å². The first-order valence-corrected chi connectivity index (χ1v) is 8.10. The Bertz CT molecular complexity index is 628. The maximum Gasteiger partial charge on any atom is 0.356 e. The molecule has 0 aliphatic heterocycles. The molecule has 116 valence electrons. The molecule has 1 saturated carbocycles. The van der Waals surface area contributed by atoms with E-state index < -0.39 is 5.97 Å². The quantitative estimate of drug-likeness (QED) is 0.878. The molecule has 1 aromatic carbocycles. The molecule has 1 fully saturated rings. The number of H-pyrrole nitrogens is 1. The predicted molar refractivity (Wildman–Crippen MR) is 85.2 cm³/mol. The van der Waals surface area contributed by atoms with Gasteiger partial charge in [-0.05, 0) is 31.2 Å². The number of aryl methyl sites for hydroxylation is 2. The Labute approximate surface area is 130 Å². The standard InChI is InChI=1S/C18H22N2O2/c21-18(22)16-15(12-11-13-7-3-1-4-8-13)19-17(20-16)14-9-5-2-6-10-14/h1,3-4,7-8,14H,2,5-6,9-12H2,(H,19,20)(H,21,22). The minimum Gasteiger partial charge on any atom is -0.476 e. The van der Waals surface area contributed by atoms with Gasteiger partial charge in [0.1, 0.15) is 5.82 Å². The van der Waals surface area contributed by atoms with Crippen LogP contribution in [-0.2, 0) is 12.8 Å². The maximum atomic E-state index is 11.4. The second kappa shape index (κ2) is 6.77. The van der Waals surface area contributed by atoms with E-state index in [4.69, 9.17) is 0 Å². The van der Waals surface area contributed by atoms with Gasteiger partial charge in [-0.25, -0.2) is 9.78 Å². The van der Waals surface area contributed by atoms with Gasteiger partial charge in [-0.1, -0.05) is 49.6 Å². The molecule has 4 heteroatoms. The highest BCUT2D eigenvalue weighted by Crippen LogP contribution is 2.31. The van der Waals surface area contributed by atoms with Crippen LogP contribution in [0, 0.1) is 0 Å². The largest absolute Gasteiger partial charge is 0.476 e. The van der Waals surface area contributed by atoms with Crippen LogP contribution in [-0.4, -0.2) is 21.0 Å². The lowest BCUT2D eigenvalue weighted by molar-refractivity contribution is 0.0689. The lowest BCUT2D eigenvalue weighted by Crippen LogP contribution is -2.06. The summed E-state index contributed by atoms with van der Waals surface area (Å²) >= 11 is 0. The van der Waals surface area contributed by atoms with Crippen molar-refractivity contribution in [1.29, 1.82) is 0 Å². The van der Waals surface area contributed by atoms with E-state index >= 15 is 0 Å². The van der Waals surface area contributed by atoms with Crippen LogP contribution < -0.4 is 0 Å². The highest BCUT2D eigenvalue weighted by Gasteiger charge is 2.23. The Morgan fingerprint density at radius 3 is 2.55 bits per heavy atom. The molecular weight excluding hydrogens is 276 g/mol. The van der Waals surface area contributed by atoms with Crippen LogP contribution in [0.3, 0.4) is 0 Å². The molecular formula is C18H22N2O2. The molecule has 0 saturated heterocycles. The summed E-state index contributed by atoms with van der Waals surface area (Å²) < 4.78 is 0. The van der Waals surface area contributed by atoms with E-state index in [2.05, 4.69) is 22.1 Å². The fourth-order valence-electron chi connectivity index (χ4n) is 3.27. The Balaban J connectivity index is 1.76. The molecule has 0 spiro atoms. The van der Waals surface area contributed by atoms with Crippen molar-refractivity contribution in [3.05, 3.63) is 53.1 Å². The summed E-state index contributed by atoms with van der Waals surface area (Å²) in [6, 6.07) is 10.1. The maximum absolute atomic E-state index is 11.4. The summed E-state index contributed by atoms with van der Waals surface area (Å²) in [6.45, 7) is 0. The van der Waals surface area contributed by atoms with Gasteiger partial charge in [-0.3, -0.25) is 0 Å². The van der Waals surface area contributed by atoms with Gasteiger partial charge in [0.25, 0.3) is 0 Å². The number of benzene rings is 1. The third-order valence-electron chi connectivity index (χ3n) is 4.50. The Morgan fingerprint density at radius 2 is 1.86 bits per heavy atom. The number of carboxylic acids is 1. The number of aromatic carboxylic acids is 1. The van der Waals surface area contributed by atoms with Gasteiger partial charge in [0.05, 0.1) is 5.69 Å². The number of imidazole rings is 1. The van der Waals surface area contributed by atoms with Gasteiger partial charge < -0.3 is 10.1 Å². The smallest absolute Gasteiger partial charge is 0.356 e. The summed E-state index contributed by atoms with van der Waals surface area (Å²) in [5.41, 5.74) is 2.18. The Hall–Kier alpha value is -2.10. The molecule has 1 aromatic heterocycles. The van der Waals surface area contributed by atoms with Crippen LogP contribution in [0.5, 0.6) is 0 Å². The van der Waals surface area contributed by atoms with Crippen molar-refractivity contribution < 1.29 is 9.90 Å². The van der Waals surface area contributed by atoms with Crippen LogP contribution >= 0.6 is 0 Å². The number of carbonyl (C=O) groups is 1. The number of carboxylic acid groups (broad SMARTS) is 1. The van der Waals surface area contributed by atoms with Crippen molar-refractivity contribution in [3.8, 4) is 0 Å². The molecule has 22 heavy (non-hydrogen) atoms. The van der Waals surface area contributed by atoms with E-state index in [9.17, 15) is 9.90 Å². The van der Waals surface area contributed by atoms with E-state index in [1.165, 1.54) is 24.8 Å². The average molecular weight is 298 g/mol. The second-order valence-electron chi connectivity index (χ2n) is 6.07. The molecule has 1 aliphatic rings. The highest BCUT2D eigenvalue weighted by molar-refractivity contribution is 5.86. The summed E-state index contributed by atoms with van der Waals surface area (Å²) in [6.07, 6.45) is 7.46. The van der Waals surface area contributed by atoms with Crippen LogP contribution in [0.1, 0.15) is 65.6 Å². The van der Waals surface area contributed by atoms with Crippen molar-refractivity contribution >= 4 is 5.97 Å². The van der Waals surface area contributed by atoms with E-state index in [1.807, 2.05) is 18.2 Å². The van der Waals surface area contributed by atoms with Gasteiger partial charge in [0.15, 0.2) is 5.69 Å². The van der Waals surface area contributed by atoms with Crippen molar-refractivity contribution in [2.24, 2.45) is 0 Å². The number of hydrogen-bond donors (Lipinski definition) is 2. The third kappa shape index (κ3) is 3.38. The van der Waals surface area contributed by atoms with Crippen molar-refractivity contribution in [2.75, 3.05) is 0 Å². The highest BCUT2D eigenvalue weighted by atomic mass is 16.4. The molecule has 0 unspecified atom stereocenters. The molecule has 1 aliphatic carbocycles. The summed E-state index contributed by atoms with van der Waals surface area (Å²) in [4.78, 5) is 19.1. The van der Waals surface area contributed by atoms with Gasteiger partial charge >= 0.3 is 5.97 Å². The van der Waals surface area contributed by atoms with Crippen molar-refractivity contribution in [1.82, 2.24) is 9.97 Å². The minimum absolute atomic E-state index is 0.205. The monoisotopic (exact) mass is 298 g/mol. The molecule has 1 heterocycles. The Kier molecular flexibility index (Phi) is 4.56. The zero-order valence-electron chi connectivity index (χ0n) is 12.7. The predicted octanol–water partition coefficient (Wildman–Crippen LogP) is 3.94. The van der Waals surface area contributed by atoms with Crippen LogP contribution in [0.25, 0.3) is 0 Å². The van der Waals surface area contributed by atoms with Gasteiger partial charge in [-0.15, -0.1) is 0 Å². The molecule has 0 radical (unpaired) electrons. The molecule has 4 nitrogen and oxygen atoms in total. The molecule has 3 rings (SSSR count). The normalized spacial score (nSPS) is 15.8. The first kappa shape index (κ1) is 14.8. The lowest BCUT2D eigenvalue weighted by Gasteiger charge is -2.19. The van der Waals surface area contributed by atoms with E-state index in [0.29, 0.717) is 12.3 Å². The van der Waals surface area contributed by atoms with Crippen LogP contribution in [0.2, 0.25) is 0 Å². The van der Waals surface area contributed by atoms with Crippen LogP contribution in [0.15, 0.2) is 30.3 Å². The Morgan fingerprint density at radius 1 is 1.14 bits per heavy atom. The van der Waals surface area contributed by atoms with Gasteiger partial charge in [-0.2, -0.15) is 0 Å². The SMILES string of the molecule is O=C(O)c1nc(C2CCCCC2)[nH]c1CCc1ccccc1. The van der Waals surface area contributed by atoms with E-state index in [-0.39, 0.29) is 5.69 Å². The fourth-order valence-corrected chi connectivity index (χ4v) is 3.27. The first-order chi connectivity index (χ1) is 10.7. The van der Waals surface area contributed by atoms with Crippen molar-refractivity contribution in [2.45, 2.75) is 50.9 Å². The summed E-state index contributed by atoms with van der Waals surface area (Å²) in [5, 5.41) is 9.39. The molecule has 0 amide bonds.